The van der Waals surface area contributed by atoms with Crippen molar-refractivity contribution in [1.29, 1.82) is 0 Å². The van der Waals surface area contributed by atoms with E-state index in [9.17, 15) is 4.79 Å². The van der Waals surface area contributed by atoms with Crippen LogP contribution >= 0.6 is 0 Å². The number of hydrogen-bond acceptors (Lipinski definition) is 2. The normalized spacial score (nSPS) is 15.4. The molecule has 0 aromatic heterocycles. The smallest absolute Gasteiger partial charge is 0.222 e. The minimum Gasteiger partial charge on any atom is -0.343 e. The summed E-state index contributed by atoms with van der Waals surface area (Å²) in [6.45, 7) is 4.43. The third-order valence-electron chi connectivity index (χ3n) is 5.38. The molecule has 1 aliphatic rings. The molecule has 3 heteroatoms. The number of piperidine rings is 1. The van der Waals surface area contributed by atoms with Crippen LogP contribution in [-0.4, -0.2) is 23.9 Å². The molecule has 3 nitrogen and oxygen atoms in total. The van der Waals surface area contributed by atoms with E-state index in [0.29, 0.717) is 18.9 Å². The lowest BCUT2D eigenvalue weighted by Crippen LogP contribution is -2.38. The summed E-state index contributed by atoms with van der Waals surface area (Å²) in [4.78, 5) is 14.6. The van der Waals surface area contributed by atoms with Gasteiger partial charge in [-0.1, -0.05) is 48.5 Å². The van der Waals surface area contributed by atoms with E-state index in [-0.39, 0.29) is 5.91 Å². The Morgan fingerprint density at radius 3 is 2.60 bits per heavy atom. The number of nitrogens with zero attached hydrogens (tertiary/aromatic N) is 1. The van der Waals surface area contributed by atoms with Gasteiger partial charge in [-0.25, -0.2) is 0 Å². The van der Waals surface area contributed by atoms with Crippen molar-refractivity contribution in [2.75, 3.05) is 13.1 Å². The van der Waals surface area contributed by atoms with Gasteiger partial charge in [-0.05, 0) is 54.4 Å². The third-order valence-corrected chi connectivity index (χ3v) is 5.38. The predicted octanol–water partition coefficient (Wildman–Crippen LogP) is 3.79. The summed E-state index contributed by atoms with van der Waals surface area (Å²) >= 11 is 0. The van der Waals surface area contributed by atoms with Gasteiger partial charge in [-0.2, -0.15) is 0 Å². The molecule has 0 radical (unpaired) electrons. The van der Waals surface area contributed by atoms with E-state index >= 15 is 0 Å². The van der Waals surface area contributed by atoms with Crippen molar-refractivity contribution in [3.8, 4) is 0 Å². The molecule has 2 aromatic carbocycles. The van der Waals surface area contributed by atoms with Gasteiger partial charge in [0.05, 0.1) is 0 Å². The minimum absolute atomic E-state index is 0.289. The number of carbonyl (C=O) groups excluding carboxylic acids is 1. The number of rotatable bonds is 5. The van der Waals surface area contributed by atoms with Crippen LogP contribution in [0.3, 0.4) is 0 Å². The Kier molecular flexibility index (Phi) is 5.87. The number of benzene rings is 2. The zero-order valence-electron chi connectivity index (χ0n) is 15.1. The van der Waals surface area contributed by atoms with E-state index in [1.54, 1.807) is 0 Å². The summed E-state index contributed by atoms with van der Waals surface area (Å²) in [6.07, 6.45) is 3.54. The monoisotopic (exact) mass is 336 g/mol. The van der Waals surface area contributed by atoms with E-state index in [4.69, 9.17) is 5.73 Å². The Bertz CT molecular complexity index is 717. The molecule has 0 aliphatic carbocycles. The molecule has 3 rings (SSSR count). The lowest BCUT2D eigenvalue weighted by Gasteiger charge is -2.32. The standard InChI is InChI=1S/C22H28N2O/c1-17-5-2-3-7-19(17)9-10-22(25)24-13-11-20(12-14-24)21-8-4-6-18(15-21)16-23/h2-8,15,20H,9-14,16,23H2,1H3. The highest BCUT2D eigenvalue weighted by atomic mass is 16.2. The highest BCUT2D eigenvalue weighted by Crippen LogP contribution is 2.29. The minimum atomic E-state index is 0.289. The maximum Gasteiger partial charge on any atom is 0.222 e. The summed E-state index contributed by atoms with van der Waals surface area (Å²) in [5.74, 6) is 0.837. The molecule has 1 fully saturated rings. The lowest BCUT2D eigenvalue weighted by atomic mass is 9.88. The number of hydrogen-bond donors (Lipinski definition) is 1. The molecule has 1 amide bonds. The van der Waals surface area contributed by atoms with Gasteiger partial charge in [0.1, 0.15) is 0 Å². The molecule has 1 heterocycles. The van der Waals surface area contributed by atoms with Gasteiger partial charge in [0.25, 0.3) is 0 Å². The first kappa shape index (κ1) is 17.7. The fourth-order valence-corrected chi connectivity index (χ4v) is 3.73. The maximum absolute atomic E-state index is 12.5. The van der Waals surface area contributed by atoms with E-state index in [1.807, 2.05) is 17.0 Å². The molecule has 132 valence electrons. The maximum atomic E-state index is 12.5. The quantitative estimate of drug-likeness (QED) is 0.903. The fourth-order valence-electron chi connectivity index (χ4n) is 3.73. The van der Waals surface area contributed by atoms with Gasteiger partial charge in [0.2, 0.25) is 5.91 Å². The van der Waals surface area contributed by atoms with Crippen molar-refractivity contribution in [3.05, 3.63) is 70.8 Å². The SMILES string of the molecule is Cc1ccccc1CCC(=O)N1CCC(c2cccc(CN)c2)CC1. The van der Waals surface area contributed by atoms with Gasteiger partial charge in [0, 0.05) is 26.1 Å². The Balaban J connectivity index is 1.51. The van der Waals surface area contributed by atoms with Crippen molar-refractivity contribution in [2.24, 2.45) is 5.73 Å². The van der Waals surface area contributed by atoms with E-state index in [2.05, 4.69) is 43.3 Å². The number of amides is 1. The molecule has 2 N–H and O–H groups in total. The molecular weight excluding hydrogens is 308 g/mol. The van der Waals surface area contributed by atoms with Gasteiger partial charge in [0.15, 0.2) is 0 Å². The highest BCUT2D eigenvalue weighted by Gasteiger charge is 2.23. The first-order valence-corrected chi connectivity index (χ1v) is 9.28. The van der Waals surface area contributed by atoms with Crippen molar-refractivity contribution in [2.45, 2.75) is 45.1 Å². The number of likely N-dealkylation sites (tertiary alicyclic amines) is 1. The molecular formula is C22H28N2O. The summed E-state index contributed by atoms with van der Waals surface area (Å²) in [6, 6.07) is 16.9. The number of nitrogens with two attached hydrogens (primary N) is 1. The second-order valence-electron chi connectivity index (χ2n) is 7.03. The van der Waals surface area contributed by atoms with Crippen molar-refractivity contribution >= 4 is 5.91 Å². The molecule has 1 saturated heterocycles. The molecule has 0 unspecified atom stereocenters. The predicted molar refractivity (Wildman–Crippen MR) is 102 cm³/mol. The third kappa shape index (κ3) is 4.49. The van der Waals surface area contributed by atoms with Crippen LogP contribution in [0.25, 0.3) is 0 Å². The number of carbonyl (C=O) groups is 1. The van der Waals surface area contributed by atoms with Gasteiger partial charge >= 0.3 is 0 Å². The topological polar surface area (TPSA) is 46.3 Å². The van der Waals surface area contributed by atoms with E-state index in [1.165, 1.54) is 22.3 Å². The first-order valence-electron chi connectivity index (χ1n) is 9.28. The zero-order chi connectivity index (χ0) is 17.6. The average molecular weight is 336 g/mol. The lowest BCUT2D eigenvalue weighted by molar-refractivity contribution is -0.132. The average Bonchev–Trinajstić information content (AvgIpc) is 2.67. The van der Waals surface area contributed by atoms with Crippen LogP contribution in [0.4, 0.5) is 0 Å². The fraction of sp³-hybridized carbons (Fsp3) is 0.409. The number of aryl methyl sites for hydroxylation is 2. The summed E-state index contributed by atoms with van der Waals surface area (Å²) in [5, 5.41) is 0. The van der Waals surface area contributed by atoms with Crippen LogP contribution in [0.15, 0.2) is 48.5 Å². The molecule has 0 saturated carbocycles. The molecule has 1 aliphatic heterocycles. The van der Waals surface area contributed by atoms with Crippen molar-refractivity contribution in [3.63, 3.8) is 0 Å². The van der Waals surface area contributed by atoms with Gasteiger partial charge < -0.3 is 10.6 Å². The Morgan fingerprint density at radius 1 is 1.12 bits per heavy atom. The first-order chi connectivity index (χ1) is 12.2. The van der Waals surface area contributed by atoms with Crippen LogP contribution in [0.2, 0.25) is 0 Å². The van der Waals surface area contributed by atoms with Crippen molar-refractivity contribution in [1.82, 2.24) is 4.90 Å². The Morgan fingerprint density at radius 2 is 1.88 bits per heavy atom. The molecule has 25 heavy (non-hydrogen) atoms. The van der Waals surface area contributed by atoms with Crippen LogP contribution < -0.4 is 5.73 Å². The van der Waals surface area contributed by atoms with E-state index < -0.39 is 0 Å². The molecule has 2 aromatic rings. The summed E-state index contributed by atoms with van der Waals surface area (Å²) in [5.41, 5.74) is 10.9. The van der Waals surface area contributed by atoms with Crippen LogP contribution in [0, 0.1) is 6.92 Å². The second kappa shape index (κ2) is 8.30. The Hall–Kier alpha value is -2.13. The van der Waals surface area contributed by atoms with Crippen LogP contribution in [-0.2, 0) is 17.8 Å². The molecule has 0 spiro atoms. The van der Waals surface area contributed by atoms with Crippen LogP contribution in [0.5, 0.6) is 0 Å². The Labute approximate surface area is 150 Å². The molecule has 0 bridgehead atoms. The zero-order valence-corrected chi connectivity index (χ0v) is 15.1. The van der Waals surface area contributed by atoms with Gasteiger partial charge in [-0.3, -0.25) is 4.79 Å². The molecule has 0 atom stereocenters. The summed E-state index contributed by atoms with van der Waals surface area (Å²) in [7, 11) is 0. The second-order valence-corrected chi connectivity index (χ2v) is 7.03. The summed E-state index contributed by atoms with van der Waals surface area (Å²) < 4.78 is 0. The van der Waals surface area contributed by atoms with E-state index in [0.717, 1.165) is 32.4 Å². The van der Waals surface area contributed by atoms with Crippen LogP contribution in [0.1, 0.15) is 47.4 Å². The highest BCUT2D eigenvalue weighted by molar-refractivity contribution is 5.76. The van der Waals surface area contributed by atoms with Gasteiger partial charge in [-0.15, -0.1) is 0 Å². The van der Waals surface area contributed by atoms with Crippen molar-refractivity contribution < 1.29 is 4.79 Å². The largest absolute Gasteiger partial charge is 0.343 e.